The van der Waals surface area contributed by atoms with Crippen LogP contribution in [0.3, 0.4) is 0 Å². The van der Waals surface area contributed by atoms with Crippen LogP contribution in [-0.4, -0.2) is 26.3 Å². The fraction of sp³-hybridized carbons (Fsp3) is 0.190. The predicted molar refractivity (Wildman–Crippen MR) is 100 cm³/mol. The summed E-state index contributed by atoms with van der Waals surface area (Å²) in [6, 6.07) is 17.1. The van der Waals surface area contributed by atoms with Gasteiger partial charge in [-0.15, -0.1) is 0 Å². The Kier molecular flexibility index (Phi) is 4.12. The molecule has 2 aromatic carbocycles. The van der Waals surface area contributed by atoms with Crippen LogP contribution in [0.4, 0.5) is 5.88 Å². The van der Waals surface area contributed by atoms with E-state index in [2.05, 4.69) is 6.58 Å². The normalized spacial score (nSPS) is 14.6. The molecule has 0 radical (unpaired) electrons. The van der Waals surface area contributed by atoms with Gasteiger partial charge < -0.3 is 14.1 Å². The molecule has 0 unspecified atom stereocenters. The Morgan fingerprint density at radius 2 is 1.76 bits per heavy atom. The summed E-state index contributed by atoms with van der Waals surface area (Å²) in [5, 5.41) is 0.576. The number of para-hydroxylation sites is 1. The van der Waals surface area contributed by atoms with Crippen LogP contribution in [0, 0.1) is 0 Å². The molecule has 1 saturated heterocycles. The van der Waals surface area contributed by atoms with Gasteiger partial charge >= 0.3 is 0 Å². The van der Waals surface area contributed by atoms with Crippen molar-refractivity contribution in [1.29, 1.82) is 0 Å². The number of fused-ring (bicyclic) bond motifs is 1. The van der Waals surface area contributed by atoms with Gasteiger partial charge in [-0.05, 0) is 17.2 Å². The molecule has 4 nitrogen and oxygen atoms in total. The Hall–Kier alpha value is -2.85. The summed E-state index contributed by atoms with van der Waals surface area (Å²) in [4.78, 5) is 14.7. The van der Waals surface area contributed by atoms with E-state index in [0.29, 0.717) is 30.1 Å². The van der Waals surface area contributed by atoms with E-state index in [4.69, 9.17) is 9.15 Å². The first kappa shape index (κ1) is 15.7. The zero-order valence-electron chi connectivity index (χ0n) is 13.9. The fourth-order valence-electron chi connectivity index (χ4n) is 3.14. The van der Waals surface area contributed by atoms with Crippen LogP contribution in [0.15, 0.2) is 70.4 Å². The number of ether oxygens (including phenoxy) is 1. The molecule has 0 atom stereocenters. The maximum absolute atomic E-state index is 12.6. The van der Waals surface area contributed by atoms with E-state index in [1.165, 1.54) is 0 Å². The quantitative estimate of drug-likeness (QED) is 0.733. The highest BCUT2D eigenvalue weighted by molar-refractivity contribution is 5.93. The van der Waals surface area contributed by atoms with E-state index in [0.717, 1.165) is 29.8 Å². The van der Waals surface area contributed by atoms with Crippen molar-refractivity contribution in [3.05, 3.63) is 82.5 Å². The van der Waals surface area contributed by atoms with E-state index < -0.39 is 0 Å². The van der Waals surface area contributed by atoms with Crippen LogP contribution in [-0.2, 0) is 4.74 Å². The van der Waals surface area contributed by atoms with Crippen molar-refractivity contribution in [1.82, 2.24) is 0 Å². The average molecular weight is 333 g/mol. The Labute approximate surface area is 146 Å². The SMILES string of the molecule is C=C(c1ccccc1)c1cccc2c(=O)cc(N3CCOCC3)oc12. The highest BCUT2D eigenvalue weighted by Gasteiger charge is 2.17. The lowest BCUT2D eigenvalue weighted by atomic mass is 9.98. The predicted octanol–water partition coefficient (Wildman–Crippen LogP) is 3.69. The zero-order chi connectivity index (χ0) is 17.2. The second-order valence-electron chi connectivity index (χ2n) is 6.08. The van der Waals surface area contributed by atoms with Gasteiger partial charge in [0.05, 0.1) is 18.6 Å². The van der Waals surface area contributed by atoms with Crippen molar-refractivity contribution in [2.24, 2.45) is 0 Å². The van der Waals surface area contributed by atoms with E-state index in [1.54, 1.807) is 12.1 Å². The molecule has 2 heterocycles. The minimum Gasteiger partial charge on any atom is -0.440 e. The van der Waals surface area contributed by atoms with E-state index in [9.17, 15) is 4.79 Å². The average Bonchev–Trinajstić information content (AvgIpc) is 2.68. The molecule has 0 N–H and O–H groups in total. The van der Waals surface area contributed by atoms with E-state index in [1.807, 2.05) is 47.4 Å². The van der Waals surface area contributed by atoms with E-state index >= 15 is 0 Å². The Balaban J connectivity index is 1.86. The Morgan fingerprint density at radius 1 is 1.00 bits per heavy atom. The van der Waals surface area contributed by atoms with Crippen molar-refractivity contribution >= 4 is 22.4 Å². The van der Waals surface area contributed by atoms with E-state index in [-0.39, 0.29) is 5.43 Å². The van der Waals surface area contributed by atoms with Crippen LogP contribution < -0.4 is 10.3 Å². The molecule has 4 heteroatoms. The van der Waals surface area contributed by atoms with Gasteiger partial charge in [0.25, 0.3) is 0 Å². The van der Waals surface area contributed by atoms with Gasteiger partial charge in [-0.25, -0.2) is 0 Å². The van der Waals surface area contributed by atoms with Gasteiger partial charge in [0.1, 0.15) is 5.58 Å². The molecule has 1 aliphatic heterocycles. The molecule has 4 rings (SSSR count). The van der Waals surface area contributed by atoms with Crippen LogP contribution in [0.1, 0.15) is 11.1 Å². The van der Waals surface area contributed by atoms with Gasteiger partial charge in [-0.2, -0.15) is 0 Å². The first-order chi connectivity index (χ1) is 12.2. The highest BCUT2D eigenvalue weighted by atomic mass is 16.5. The third kappa shape index (κ3) is 2.96. The van der Waals surface area contributed by atoms with Gasteiger partial charge in [0.15, 0.2) is 11.3 Å². The van der Waals surface area contributed by atoms with Crippen LogP contribution in [0.25, 0.3) is 16.5 Å². The zero-order valence-corrected chi connectivity index (χ0v) is 13.9. The largest absolute Gasteiger partial charge is 0.440 e. The van der Waals surface area contributed by atoms with Gasteiger partial charge in [0, 0.05) is 24.7 Å². The summed E-state index contributed by atoms with van der Waals surface area (Å²) < 4.78 is 11.5. The van der Waals surface area contributed by atoms with Crippen molar-refractivity contribution in [3.63, 3.8) is 0 Å². The maximum Gasteiger partial charge on any atom is 0.200 e. The molecule has 25 heavy (non-hydrogen) atoms. The minimum absolute atomic E-state index is 0.0366. The lowest BCUT2D eigenvalue weighted by Crippen LogP contribution is -2.36. The third-order valence-electron chi connectivity index (χ3n) is 4.51. The number of hydrogen-bond donors (Lipinski definition) is 0. The summed E-state index contributed by atoms with van der Waals surface area (Å²) in [6.45, 7) is 6.94. The van der Waals surface area contributed by atoms with Crippen molar-refractivity contribution in [3.8, 4) is 0 Å². The van der Waals surface area contributed by atoms with Gasteiger partial charge in [0.2, 0.25) is 0 Å². The molecule has 1 aliphatic rings. The molecular weight excluding hydrogens is 314 g/mol. The standard InChI is InChI=1S/C21H19NO3/c1-15(16-6-3-2-4-7-16)17-8-5-9-18-19(23)14-20(25-21(17)18)22-10-12-24-13-11-22/h2-9,14H,1,10-13H2. The summed E-state index contributed by atoms with van der Waals surface area (Å²) >= 11 is 0. The molecular formula is C21H19NO3. The van der Waals surface area contributed by atoms with Gasteiger partial charge in [-0.3, -0.25) is 4.79 Å². The summed E-state index contributed by atoms with van der Waals surface area (Å²) in [6.07, 6.45) is 0. The molecule has 0 amide bonds. The van der Waals surface area contributed by atoms with Gasteiger partial charge in [-0.1, -0.05) is 49.0 Å². The Morgan fingerprint density at radius 3 is 2.52 bits per heavy atom. The number of hydrogen-bond acceptors (Lipinski definition) is 4. The summed E-state index contributed by atoms with van der Waals surface area (Å²) in [5.41, 5.74) is 3.25. The maximum atomic E-state index is 12.6. The molecule has 0 bridgehead atoms. The number of rotatable bonds is 3. The molecule has 0 spiro atoms. The topological polar surface area (TPSA) is 42.7 Å². The molecule has 3 aromatic rings. The molecule has 0 saturated carbocycles. The number of nitrogens with zero attached hydrogens (tertiary/aromatic N) is 1. The van der Waals surface area contributed by atoms with Crippen molar-refractivity contribution in [2.75, 3.05) is 31.2 Å². The highest BCUT2D eigenvalue weighted by Crippen LogP contribution is 2.30. The first-order valence-corrected chi connectivity index (χ1v) is 8.38. The van der Waals surface area contributed by atoms with Crippen molar-refractivity contribution in [2.45, 2.75) is 0 Å². The number of benzene rings is 2. The van der Waals surface area contributed by atoms with Crippen LogP contribution in [0.5, 0.6) is 0 Å². The molecule has 1 aromatic heterocycles. The molecule has 126 valence electrons. The number of anilines is 1. The number of morpholine rings is 1. The first-order valence-electron chi connectivity index (χ1n) is 8.38. The molecule has 0 aliphatic carbocycles. The summed E-state index contributed by atoms with van der Waals surface area (Å²) in [5.74, 6) is 0.592. The van der Waals surface area contributed by atoms with Crippen LogP contribution >= 0.6 is 0 Å². The lowest BCUT2D eigenvalue weighted by molar-refractivity contribution is 0.121. The second kappa shape index (κ2) is 6.57. The molecule has 1 fully saturated rings. The Bertz CT molecular complexity index is 969. The smallest absolute Gasteiger partial charge is 0.200 e. The minimum atomic E-state index is -0.0366. The third-order valence-corrected chi connectivity index (χ3v) is 4.51. The second-order valence-corrected chi connectivity index (χ2v) is 6.08. The fourth-order valence-corrected chi connectivity index (χ4v) is 3.14. The lowest BCUT2D eigenvalue weighted by Gasteiger charge is -2.27. The monoisotopic (exact) mass is 333 g/mol. The van der Waals surface area contributed by atoms with Crippen molar-refractivity contribution < 1.29 is 9.15 Å². The summed E-state index contributed by atoms with van der Waals surface area (Å²) in [7, 11) is 0. The van der Waals surface area contributed by atoms with Crippen LogP contribution in [0.2, 0.25) is 0 Å².